The monoisotopic (exact) mass is 341 g/mol. The Morgan fingerprint density at radius 1 is 1.39 bits per heavy atom. The minimum atomic E-state index is -0.491. The maximum atomic E-state index is 12.3. The van der Waals surface area contributed by atoms with Crippen LogP contribution in [0.15, 0.2) is 12.4 Å². The van der Waals surface area contributed by atoms with E-state index in [-0.39, 0.29) is 18.2 Å². The zero-order valence-corrected chi connectivity index (χ0v) is 14.8. The zero-order chi connectivity index (χ0) is 17.0. The van der Waals surface area contributed by atoms with E-state index in [0.717, 1.165) is 12.8 Å². The third-order valence-electron chi connectivity index (χ3n) is 3.56. The summed E-state index contributed by atoms with van der Waals surface area (Å²) in [6, 6.07) is 0.0319. The van der Waals surface area contributed by atoms with Crippen molar-refractivity contribution in [1.82, 2.24) is 14.9 Å². The SMILES string of the molecule is C[C@H]1CC(Oc2cncc(Cl)n2)CCCN1C(=O)OC(C)(C)C. The minimum Gasteiger partial charge on any atom is -0.473 e. The van der Waals surface area contributed by atoms with E-state index in [1.807, 2.05) is 27.7 Å². The van der Waals surface area contributed by atoms with Crippen LogP contribution in [0.25, 0.3) is 0 Å². The van der Waals surface area contributed by atoms with Gasteiger partial charge in [0.15, 0.2) is 5.15 Å². The maximum absolute atomic E-state index is 12.3. The molecule has 128 valence electrons. The highest BCUT2D eigenvalue weighted by Crippen LogP contribution is 2.23. The number of hydrogen-bond donors (Lipinski definition) is 0. The number of likely N-dealkylation sites (tertiary alicyclic amines) is 1. The largest absolute Gasteiger partial charge is 0.473 e. The molecule has 1 amide bonds. The van der Waals surface area contributed by atoms with E-state index in [4.69, 9.17) is 21.1 Å². The van der Waals surface area contributed by atoms with Gasteiger partial charge in [-0.1, -0.05) is 11.6 Å². The van der Waals surface area contributed by atoms with Gasteiger partial charge in [0.25, 0.3) is 0 Å². The summed E-state index contributed by atoms with van der Waals surface area (Å²) in [6.07, 6.45) is 5.13. The lowest BCUT2D eigenvalue weighted by atomic mass is 10.1. The average molecular weight is 342 g/mol. The molecule has 1 fully saturated rings. The minimum absolute atomic E-state index is 0.0230. The third kappa shape index (κ3) is 5.53. The Morgan fingerprint density at radius 3 is 2.78 bits per heavy atom. The van der Waals surface area contributed by atoms with Crippen LogP contribution in [0.5, 0.6) is 5.88 Å². The fourth-order valence-electron chi connectivity index (χ4n) is 2.59. The Bertz CT molecular complexity index is 548. The summed E-state index contributed by atoms with van der Waals surface area (Å²) in [5, 5.41) is 0.305. The molecule has 23 heavy (non-hydrogen) atoms. The molecular formula is C16H24ClN3O3. The van der Waals surface area contributed by atoms with Gasteiger partial charge in [-0.05, 0) is 40.5 Å². The van der Waals surface area contributed by atoms with Crippen LogP contribution in [-0.2, 0) is 4.74 Å². The van der Waals surface area contributed by atoms with Crippen LogP contribution in [0.2, 0.25) is 5.15 Å². The molecule has 0 saturated carbocycles. The molecule has 0 aliphatic carbocycles. The molecule has 0 spiro atoms. The molecule has 1 aromatic heterocycles. The zero-order valence-electron chi connectivity index (χ0n) is 14.1. The number of hydrogen-bond acceptors (Lipinski definition) is 5. The van der Waals surface area contributed by atoms with E-state index >= 15 is 0 Å². The molecule has 6 nitrogen and oxygen atoms in total. The summed E-state index contributed by atoms with van der Waals surface area (Å²) in [6.45, 7) is 8.29. The van der Waals surface area contributed by atoms with E-state index in [9.17, 15) is 4.79 Å². The average Bonchev–Trinajstić information content (AvgIpc) is 2.58. The first kappa shape index (κ1) is 17.8. The van der Waals surface area contributed by atoms with Crippen LogP contribution in [0.1, 0.15) is 47.0 Å². The Kier molecular flexibility index (Phi) is 5.68. The van der Waals surface area contributed by atoms with Crippen LogP contribution < -0.4 is 4.74 Å². The molecule has 1 aliphatic heterocycles. The second kappa shape index (κ2) is 7.34. The van der Waals surface area contributed by atoms with Crippen molar-refractivity contribution < 1.29 is 14.3 Å². The first-order valence-corrected chi connectivity index (χ1v) is 8.26. The van der Waals surface area contributed by atoms with Crippen molar-refractivity contribution >= 4 is 17.7 Å². The molecule has 7 heteroatoms. The van der Waals surface area contributed by atoms with Crippen molar-refractivity contribution in [3.05, 3.63) is 17.5 Å². The first-order chi connectivity index (χ1) is 10.7. The second-order valence-corrected chi connectivity index (χ2v) is 7.21. The standard InChI is InChI=1S/C16H24ClN3O3/c1-11-8-12(22-14-10-18-9-13(17)19-14)6-5-7-20(11)15(21)23-16(2,3)4/h9-12H,5-8H2,1-4H3/t11-,12?/m0/s1. The van der Waals surface area contributed by atoms with E-state index < -0.39 is 5.60 Å². The van der Waals surface area contributed by atoms with Gasteiger partial charge in [-0.2, -0.15) is 4.98 Å². The van der Waals surface area contributed by atoms with E-state index in [1.165, 1.54) is 6.20 Å². The normalized spacial score (nSPS) is 22.4. The highest BCUT2D eigenvalue weighted by molar-refractivity contribution is 6.29. The highest BCUT2D eigenvalue weighted by atomic mass is 35.5. The molecule has 0 bridgehead atoms. The van der Waals surface area contributed by atoms with Gasteiger partial charge in [-0.3, -0.25) is 4.98 Å². The van der Waals surface area contributed by atoms with Gasteiger partial charge in [0, 0.05) is 19.0 Å². The molecule has 1 unspecified atom stereocenters. The van der Waals surface area contributed by atoms with Crippen LogP contribution in [-0.4, -0.2) is 45.3 Å². The number of rotatable bonds is 2. The van der Waals surface area contributed by atoms with E-state index in [0.29, 0.717) is 24.0 Å². The van der Waals surface area contributed by atoms with Crippen molar-refractivity contribution in [3.63, 3.8) is 0 Å². The molecule has 2 rings (SSSR count). The van der Waals surface area contributed by atoms with Crippen LogP contribution in [0.3, 0.4) is 0 Å². The number of halogens is 1. The first-order valence-electron chi connectivity index (χ1n) is 7.88. The molecule has 0 N–H and O–H groups in total. The lowest BCUT2D eigenvalue weighted by Gasteiger charge is -2.30. The number of aromatic nitrogens is 2. The summed E-state index contributed by atoms with van der Waals surface area (Å²) in [5.41, 5.74) is -0.491. The molecule has 2 atom stereocenters. The lowest BCUT2D eigenvalue weighted by Crippen LogP contribution is -2.42. The third-order valence-corrected chi connectivity index (χ3v) is 3.74. The summed E-state index contributed by atoms with van der Waals surface area (Å²) in [5.74, 6) is 0.417. The Morgan fingerprint density at radius 2 is 2.13 bits per heavy atom. The topological polar surface area (TPSA) is 64.6 Å². The Hall–Kier alpha value is -1.56. The summed E-state index contributed by atoms with van der Waals surface area (Å²) in [7, 11) is 0. The number of nitrogens with zero attached hydrogens (tertiary/aromatic N) is 3. The number of ether oxygens (including phenoxy) is 2. The highest BCUT2D eigenvalue weighted by Gasteiger charge is 2.30. The van der Waals surface area contributed by atoms with Crippen molar-refractivity contribution in [2.24, 2.45) is 0 Å². The van der Waals surface area contributed by atoms with Crippen molar-refractivity contribution in [2.75, 3.05) is 6.54 Å². The Labute approximate surface area is 142 Å². The predicted molar refractivity (Wildman–Crippen MR) is 87.7 cm³/mol. The van der Waals surface area contributed by atoms with Crippen LogP contribution >= 0.6 is 11.6 Å². The second-order valence-electron chi connectivity index (χ2n) is 6.82. The number of amides is 1. The smallest absolute Gasteiger partial charge is 0.410 e. The fourth-order valence-corrected chi connectivity index (χ4v) is 2.73. The molecular weight excluding hydrogens is 318 g/mol. The molecule has 1 aliphatic rings. The van der Waals surface area contributed by atoms with Crippen LogP contribution in [0, 0.1) is 0 Å². The summed E-state index contributed by atoms with van der Waals surface area (Å²) >= 11 is 5.83. The molecule has 2 heterocycles. The summed E-state index contributed by atoms with van der Waals surface area (Å²) in [4.78, 5) is 22.2. The van der Waals surface area contributed by atoms with Crippen molar-refractivity contribution in [1.29, 1.82) is 0 Å². The Balaban J connectivity index is 1.97. The fraction of sp³-hybridized carbons (Fsp3) is 0.688. The number of carbonyl (C=O) groups excluding carboxylic acids is 1. The van der Waals surface area contributed by atoms with Gasteiger partial charge in [0.05, 0.1) is 12.4 Å². The summed E-state index contributed by atoms with van der Waals surface area (Å²) < 4.78 is 11.4. The molecule has 1 aromatic rings. The van der Waals surface area contributed by atoms with Gasteiger partial charge in [0.2, 0.25) is 5.88 Å². The van der Waals surface area contributed by atoms with E-state index in [1.54, 1.807) is 11.1 Å². The van der Waals surface area contributed by atoms with Crippen molar-refractivity contribution in [2.45, 2.75) is 64.7 Å². The van der Waals surface area contributed by atoms with Gasteiger partial charge in [0.1, 0.15) is 11.7 Å². The number of carbonyl (C=O) groups is 1. The van der Waals surface area contributed by atoms with Gasteiger partial charge < -0.3 is 14.4 Å². The molecule has 0 radical (unpaired) electrons. The predicted octanol–water partition coefficient (Wildman–Crippen LogP) is 3.69. The van der Waals surface area contributed by atoms with Gasteiger partial charge >= 0.3 is 6.09 Å². The van der Waals surface area contributed by atoms with Crippen LogP contribution in [0.4, 0.5) is 4.79 Å². The van der Waals surface area contributed by atoms with Gasteiger partial charge in [-0.15, -0.1) is 0 Å². The molecule has 1 saturated heterocycles. The quantitative estimate of drug-likeness (QED) is 0.820. The lowest BCUT2D eigenvalue weighted by molar-refractivity contribution is 0.0169. The maximum Gasteiger partial charge on any atom is 0.410 e. The van der Waals surface area contributed by atoms with Crippen molar-refractivity contribution in [3.8, 4) is 5.88 Å². The van der Waals surface area contributed by atoms with Gasteiger partial charge in [-0.25, -0.2) is 4.79 Å². The van der Waals surface area contributed by atoms with E-state index in [2.05, 4.69) is 9.97 Å². The molecule has 0 aromatic carbocycles.